The third-order valence-electron chi connectivity index (χ3n) is 3.42. The third kappa shape index (κ3) is 6.01. The smallest absolute Gasteiger partial charge is 0.191 e. The molecule has 0 bridgehead atoms. The third-order valence-corrected chi connectivity index (χ3v) is 3.42. The van der Waals surface area contributed by atoms with E-state index in [1.54, 1.807) is 13.2 Å². The fourth-order valence-corrected chi connectivity index (χ4v) is 2.33. The van der Waals surface area contributed by atoms with Gasteiger partial charge in [0, 0.05) is 20.2 Å². The van der Waals surface area contributed by atoms with E-state index in [-0.39, 0.29) is 5.82 Å². The molecule has 0 aromatic heterocycles. The van der Waals surface area contributed by atoms with Gasteiger partial charge in [0.1, 0.15) is 5.82 Å². The Hall–Kier alpha value is -2.40. The Morgan fingerprint density at radius 3 is 2.54 bits per heavy atom. The Morgan fingerprint density at radius 1 is 1.04 bits per heavy atom. The molecule has 0 atom stereocenters. The molecule has 2 aromatic carbocycles. The van der Waals surface area contributed by atoms with Crippen molar-refractivity contribution in [1.82, 2.24) is 10.6 Å². The van der Waals surface area contributed by atoms with E-state index in [1.807, 2.05) is 31.2 Å². The first-order valence-corrected chi connectivity index (χ1v) is 8.04. The Morgan fingerprint density at radius 2 is 1.79 bits per heavy atom. The van der Waals surface area contributed by atoms with Crippen molar-refractivity contribution in [3.05, 3.63) is 71.0 Å². The number of hydrogen-bond acceptors (Lipinski definition) is 2. The van der Waals surface area contributed by atoms with Crippen LogP contribution in [0.1, 0.15) is 23.6 Å². The first kappa shape index (κ1) is 17.9. The maximum Gasteiger partial charge on any atom is 0.191 e. The van der Waals surface area contributed by atoms with Crippen molar-refractivity contribution in [1.29, 1.82) is 0 Å². The molecule has 0 saturated carbocycles. The van der Waals surface area contributed by atoms with Gasteiger partial charge in [0.15, 0.2) is 5.96 Å². The number of halogens is 1. The zero-order valence-electron chi connectivity index (χ0n) is 14.2. The van der Waals surface area contributed by atoms with Gasteiger partial charge in [0.2, 0.25) is 0 Å². The molecule has 2 rings (SSSR count). The van der Waals surface area contributed by atoms with Crippen molar-refractivity contribution in [2.75, 3.05) is 13.7 Å². The van der Waals surface area contributed by atoms with Crippen molar-refractivity contribution in [3.8, 4) is 0 Å². The monoisotopic (exact) mass is 329 g/mol. The summed E-state index contributed by atoms with van der Waals surface area (Å²) in [5, 5.41) is 6.42. The average Bonchev–Trinajstić information content (AvgIpc) is 2.58. The molecule has 128 valence electrons. The summed E-state index contributed by atoms with van der Waals surface area (Å²) >= 11 is 0. The second-order valence-electron chi connectivity index (χ2n) is 5.43. The highest BCUT2D eigenvalue weighted by molar-refractivity contribution is 5.79. The molecule has 0 heterocycles. The summed E-state index contributed by atoms with van der Waals surface area (Å²) in [6.45, 7) is 4.45. The molecule has 0 unspecified atom stereocenters. The van der Waals surface area contributed by atoms with Crippen LogP contribution in [0.15, 0.2) is 53.5 Å². The number of nitrogens with one attached hydrogen (secondary N) is 2. The molecule has 4 nitrogen and oxygen atoms in total. The number of benzene rings is 2. The van der Waals surface area contributed by atoms with E-state index in [0.717, 1.165) is 23.2 Å². The zero-order chi connectivity index (χ0) is 17.2. The summed E-state index contributed by atoms with van der Waals surface area (Å²) in [6.07, 6.45) is 0. The lowest BCUT2D eigenvalue weighted by molar-refractivity contribution is 0.185. The van der Waals surface area contributed by atoms with E-state index in [0.29, 0.717) is 25.7 Å². The molecule has 0 fully saturated rings. The van der Waals surface area contributed by atoms with Crippen LogP contribution < -0.4 is 10.6 Å². The Bertz CT molecular complexity index is 673. The molecule has 0 amide bonds. The molecular weight excluding hydrogens is 305 g/mol. The van der Waals surface area contributed by atoms with E-state index in [9.17, 15) is 4.39 Å². The van der Waals surface area contributed by atoms with Crippen LogP contribution >= 0.6 is 0 Å². The summed E-state index contributed by atoms with van der Waals surface area (Å²) in [5.41, 5.74) is 3.12. The fraction of sp³-hybridized carbons (Fsp3) is 0.316. The first-order valence-electron chi connectivity index (χ1n) is 8.04. The van der Waals surface area contributed by atoms with Crippen LogP contribution in [-0.4, -0.2) is 19.6 Å². The highest BCUT2D eigenvalue weighted by Crippen LogP contribution is 2.08. The number of methoxy groups -OCH3 is 1. The average molecular weight is 329 g/mol. The number of nitrogens with zero attached hydrogens (tertiary/aromatic N) is 1. The van der Waals surface area contributed by atoms with Crippen LogP contribution in [0.3, 0.4) is 0 Å². The van der Waals surface area contributed by atoms with Crippen LogP contribution in [-0.2, 0) is 24.4 Å². The largest absolute Gasteiger partial charge is 0.380 e. The molecular formula is C19H24FN3O. The molecule has 0 aliphatic rings. The maximum atomic E-state index is 13.2. The summed E-state index contributed by atoms with van der Waals surface area (Å²) in [7, 11) is 1.68. The lowest BCUT2D eigenvalue weighted by Gasteiger charge is -2.11. The quantitative estimate of drug-likeness (QED) is 0.605. The number of ether oxygens (including phenoxy) is 1. The molecule has 0 radical (unpaired) electrons. The van der Waals surface area contributed by atoms with Crippen molar-refractivity contribution < 1.29 is 9.13 Å². The Labute approximate surface area is 142 Å². The van der Waals surface area contributed by atoms with E-state index in [1.165, 1.54) is 12.1 Å². The van der Waals surface area contributed by atoms with Crippen LogP contribution in [0.5, 0.6) is 0 Å². The number of hydrogen-bond donors (Lipinski definition) is 2. The second-order valence-corrected chi connectivity index (χ2v) is 5.43. The Balaban J connectivity index is 1.98. The highest BCUT2D eigenvalue weighted by Gasteiger charge is 2.00. The molecule has 0 saturated heterocycles. The van der Waals surface area contributed by atoms with Crippen molar-refractivity contribution in [3.63, 3.8) is 0 Å². The van der Waals surface area contributed by atoms with Gasteiger partial charge in [-0.3, -0.25) is 0 Å². The van der Waals surface area contributed by atoms with Crippen LogP contribution in [0.25, 0.3) is 0 Å². The molecule has 0 spiro atoms. The molecule has 24 heavy (non-hydrogen) atoms. The number of rotatable bonds is 7. The number of aliphatic imine (C=N–C) groups is 1. The molecule has 5 heteroatoms. The molecule has 0 aliphatic heterocycles. The molecule has 2 N–H and O–H groups in total. The topological polar surface area (TPSA) is 45.7 Å². The van der Waals surface area contributed by atoms with Gasteiger partial charge in [-0.25, -0.2) is 9.38 Å². The van der Waals surface area contributed by atoms with Crippen LogP contribution in [0.2, 0.25) is 0 Å². The first-order chi connectivity index (χ1) is 11.7. The lowest BCUT2D eigenvalue weighted by atomic mass is 10.1. The highest BCUT2D eigenvalue weighted by atomic mass is 19.1. The SMILES string of the molecule is CCNC(=NCc1cccc(COC)c1)NCc1cccc(F)c1. The summed E-state index contributed by atoms with van der Waals surface area (Å²) in [4.78, 5) is 4.58. The van der Waals surface area contributed by atoms with E-state index >= 15 is 0 Å². The minimum atomic E-state index is -0.230. The van der Waals surface area contributed by atoms with E-state index < -0.39 is 0 Å². The summed E-state index contributed by atoms with van der Waals surface area (Å²) < 4.78 is 18.4. The lowest BCUT2D eigenvalue weighted by Crippen LogP contribution is -2.36. The van der Waals surface area contributed by atoms with Gasteiger partial charge >= 0.3 is 0 Å². The van der Waals surface area contributed by atoms with Crippen molar-refractivity contribution in [2.24, 2.45) is 4.99 Å². The predicted octanol–water partition coefficient (Wildman–Crippen LogP) is 3.23. The van der Waals surface area contributed by atoms with Gasteiger partial charge < -0.3 is 15.4 Å². The molecule has 2 aromatic rings. The van der Waals surface area contributed by atoms with Gasteiger partial charge in [0.25, 0.3) is 0 Å². The van der Waals surface area contributed by atoms with E-state index in [4.69, 9.17) is 4.74 Å². The summed E-state index contributed by atoms with van der Waals surface area (Å²) in [5.74, 6) is 0.477. The standard InChI is InChI=1S/C19H24FN3O/c1-3-21-19(23-13-16-7-5-9-18(20)11-16)22-12-15-6-4-8-17(10-15)14-24-2/h4-11H,3,12-14H2,1-2H3,(H2,21,22,23). The summed E-state index contributed by atoms with van der Waals surface area (Å²) in [6, 6.07) is 14.7. The maximum absolute atomic E-state index is 13.2. The number of guanidine groups is 1. The zero-order valence-corrected chi connectivity index (χ0v) is 14.2. The van der Waals surface area contributed by atoms with Gasteiger partial charge in [-0.15, -0.1) is 0 Å². The van der Waals surface area contributed by atoms with Crippen LogP contribution in [0.4, 0.5) is 4.39 Å². The minimum absolute atomic E-state index is 0.230. The van der Waals surface area contributed by atoms with Gasteiger partial charge in [-0.05, 0) is 35.7 Å². The Kier molecular flexibility index (Phi) is 7.23. The van der Waals surface area contributed by atoms with Gasteiger partial charge in [-0.2, -0.15) is 0 Å². The van der Waals surface area contributed by atoms with Gasteiger partial charge in [0.05, 0.1) is 13.2 Å². The second kappa shape index (κ2) is 9.67. The minimum Gasteiger partial charge on any atom is -0.380 e. The van der Waals surface area contributed by atoms with Gasteiger partial charge in [-0.1, -0.05) is 36.4 Å². The van der Waals surface area contributed by atoms with Crippen LogP contribution in [0, 0.1) is 5.82 Å². The van der Waals surface area contributed by atoms with Crippen molar-refractivity contribution >= 4 is 5.96 Å². The molecule has 0 aliphatic carbocycles. The van der Waals surface area contributed by atoms with Crippen molar-refractivity contribution in [2.45, 2.75) is 26.6 Å². The van der Waals surface area contributed by atoms with E-state index in [2.05, 4.69) is 21.7 Å². The fourth-order valence-electron chi connectivity index (χ4n) is 2.33. The normalized spacial score (nSPS) is 11.4. The predicted molar refractivity (Wildman–Crippen MR) is 95.2 cm³/mol.